The average molecular weight is 330 g/mol. The van der Waals surface area contributed by atoms with Crippen LogP contribution in [0.15, 0.2) is 24.3 Å². The number of carbonyl (C=O) groups is 2. The van der Waals surface area contributed by atoms with Gasteiger partial charge in [0, 0.05) is 32.7 Å². The molecule has 0 bridgehead atoms. The van der Waals surface area contributed by atoms with Gasteiger partial charge in [-0.25, -0.2) is 0 Å². The number of ether oxygens (including phenoxy) is 1. The van der Waals surface area contributed by atoms with Gasteiger partial charge in [0.25, 0.3) is 0 Å². The molecule has 24 heavy (non-hydrogen) atoms. The highest BCUT2D eigenvalue weighted by molar-refractivity contribution is 5.89. The number of benzene rings is 1. The van der Waals surface area contributed by atoms with Gasteiger partial charge in [0.15, 0.2) is 0 Å². The summed E-state index contributed by atoms with van der Waals surface area (Å²) in [5.74, 6) is -0.0920. The quantitative estimate of drug-likeness (QED) is 0.870. The largest absolute Gasteiger partial charge is 0.380 e. The molecule has 3 rings (SSSR count). The molecule has 2 fully saturated rings. The van der Waals surface area contributed by atoms with E-state index in [1.54, 1.807) is 7.11 Å². The summed E-state index contributed by atoms with van der Waals surface area (Å²) in [5.41, 5.74) is 2.14. The molecule has 1 saturated heterocycles. The van der Waals surface area contributed by atoms with Crippen molar-refractivity contribution in [1.29, 1.82) is 0 Å². The van der Waals surface area contributed by atoms with Gasteiger partial charge in [-0.1, -0.05) is 37.1 Å². The zero-order chi connectivity index (χ0) is 16.9. The number of methoxy groups -OCH3 is 1. The molecule has 130 valence electrons. The second-order valence-corrected chi connectivity index (χ2v) is 6.80. The zero-order valence-corrected chi connectivity index (χ0v) is 14.3. The second-order valence-electron chi connectivity index (χ2n) is 6.80. The number of hydrogen-bond donors (Lipinski definition) is 1. The summed E-state index contributed by atoms with van der Waals surface area (Å²) in [7, 11) is 1.66. The lowest BCUT2D eigenvalue weighted by Crippen LogP contribution is -2.36. The summed E-state index contributed by atoms with van der Waals surface area (Å²) < 4.78 is 5.20. The molecule has 2 amide bonds. The van der Waals surface area contributed by atoms with Crippen LogP contribution in [0.25, 0.3) is 0 Å². The minimum Gasteiger partial charge on any atom is -0.380 e. The fourth-order valence-corrected chi connectivity index (χ4v) is 3.83. The number of likely N-dealkylation sites (tertiary alicyclic amines) is 1. The topological polar surface area (TPSA) is 58.6 Å². The van der Waals surface area contributed by atoms with E-state index in [4.69, 9.17) is 4.74 Å². The molecule has 1 aromatic rings. The summed E-state index contributed by atoms with van der Waals surface area (Å²) >= 11 is 0. The van der Waals surface area contributed by atoms with Crippen LogP contribution in [0.1, 0.15) is 43.2 Å². The van der Waals surface area contributed by atoms with E-state index in [9.17, 15) is 9.59 Å². The van der Waals surface area contributed by atoms with Gasteiger partial charge in [0.1, 0.15) is 0 Å². The van der Waals surface area contributed by atoms with E-state index in [0.717, 1.165) is 24.0 Å². The smallest absolute Gasteiger partial charge is 0.225 e. The molecular formula is C19H26N2O3. The molecule has 5 nitrogen and oxygen atoms in total. The van der Waals surface area contributed by atoms with Crippen molar-refractivity contribution in [1.82, 2.24) is 10.2 Å². The molecule has 1 aliphatic carbocycles. The molecular weight excluding hydrogens is 304 g/mol. The molecule has 0 radical (unpaired) electrons. The predicted molar refractivity (Wildman–Crippen MR) is 91.1 cm³/mol. The standard InChI is InChI=1S/C19H26N2O3/c1-24-13-15-7-3-2-6-14(15)11-20-19(23)16-10-18(22)21(12-16)17-8-4-5-9-17/h2-3,6-7,16-17H,4-5,8-13H2,1H3,(H,20,23). The highest BCUT2D eigenvalue weighted by atomic mass is 16.5. The lowest BCUT2D eigenvalue weighted by Gasteiger charge is -2.23. The maximum Gasteiger partial charge on any atom is 0.225 e. The number of carbonyl (C=O) groups excluding carboxylic acids is 2. The monoisotopic (exact) mass is 330 g/mol. The Morgan fingerprint density at radius 1 is 1.25 bits per heavy atom. The number of rotatable bonds is 6. The van der Waals surface area contributed by atoms with E-state index < -0.39 is 0 Å². The molecule has 0 aromatic heterocycles. The van der Waals surface area contributed by atoms with E-state index in [2.05, 4.69) is 5.32 Å². The molecule has 1 atom stereocenters. The Kier molecular flexibility index (Phi) is 5.51. The van der Waals surface area contributed by atoms with Gasteiger partial charge in [0.05, 0.1) is 12.5 Å². The number of nitrogens with zero attached hydrogens (tertiary/aromatic N) is 1. The Morgan fingerprint density at radius 3 is 2.67 bits per heavy atom. The highest BCUT2D eigenvalue weighted by Crippen LogP contribution is 2.29. The van der Waals surface area contributed by atoms with Crippen LogP contribution in [-0.4, -0.2) is 36.4 Å². The van der Waals surface area contributed by atoms with E-state index in [1.165, 1.54) is 12.8 Å². The lowest BCUT2D eigenvalue weighted by molar-refractivity contribution is -0.130. The lowest BCUT2D eigenvalue weighted by atomic mass is 10.1. The van der Waals surface area contributed by atoms with Crippen molar-refractivity contribution in [2.75, 3.05) is 13.7 Å². The van der Waals surface area contributed by atoms with Crippen LogP contribution >= 0.6 is 0 Å². The zero-order valence-electron chi connectivity index (χ0n) is 14.3. The van der Waals surface area contributed by atoms with Gasteiger partial charge in [-0.2, -0.15) is 0 Å². The van der Waals surface area contributed by atoms with E-state index in [0.29, 0.717) is 32.2 Å². The van der Waals surface area contributed by atoms with Crippen LogP contribution in [0.2, 0.25) is 0 Å². The Hall–Kier alpha value is -1.88. The third kappa shape index (κ3) is 3.78. The fourth-order valence-electron chi connectivity index (χ4n) is 3.83. The third-order valence-electron chi connectivity index (χ3n) is 5.17. The second kappa shape index (κ2) is 7.79. The SMILES string of the molecule is COCc1ccccc1CNC(=O)C1CC(=O)N(C2CCCC2)C1. The van der Waals surface area contributed by atoms with Crippen LogP contribution < -0.4 is 5.32 Å². The van der Waals surface area contributed by atoms with Crippen molar-refractivity contribution in [2.45, 2.75) is 51.3 Å². The maximum atomic E-state index is 12.5. The van der Waals surface area contributed by atoms with Crippen molar-refractivity contribution >= 4 is 11.8 Å². The first kappa shape index (κ1) is 17.0. The summed E-state index contributed by atoms with van der Waals surface area (Å²) in [6.07, 6.45) is 4.92. The van der Waals surface area contributed by atoms with Crippen LogP contribution in [0.4, 0.5) is 0 Å². The van der Waals surface area contributed by atoms with Gasteiger partial charge < -0.3 is 15.0 Å². The average Bonchev–Trinajstić information content (AvgIpc) is 3.23. The molecule has 1 aliphatic heterocycles. The summed E-state index contributed by atoms with van der Waals surface area (Å²) in [4.78, 5) is 26.6. The van der Waals surface area contributed by atoms with Gasteiger partial charge in [-0.05, 0) is 24.0 Å². The van der Waals surface area contributed by atoms with Crippen molar-refractivity contribution in [3.05, 3.63) is 35.4 Å². The van der Waals surface area contributed by atoms with Crippen LogP contribution in [0, 0.1) is 5.92 Å². The van der Waals surface area contributed by atoms with Crippen LogP contribution in [0.5, 0.6) is 0 Å². The van der Waals surface area contributed by atoms with Gasteiger partial charge in [0.2, 0.25) is 11.8 Å². The normalized spacial score (nSPS) is 21.5. The van der Waals surface area contributed by atoms with E-state index >= 15 is 0 Å². The van der Waals surface area contributed by atoms with Crippen LogP contribution in [-0.2, 0) is 27.5 Å². The summed E-state index contributed by atoms with van der Waals surface area (Å²) in [5, 5.41) is 3.00. The van der Waals surface area contributed by atoms with Crippen molar-refractivity contribution in [3.63, 3.8) is 0 Å². The summed E-state index contributed by atoms with van der Waals surface area (Å²) in [6.45, 7) is 1.59. The first-order valence-electron chi connectivity index (χ1n) is 8.82. The van der Waals surface area contributed by atoms with Crippen molar-refractivity contribution in [2.24, 2.45) is 5.92 Å². The first-order chi connectivity index (χ1) is 11.7. The molecule has 1 aromatic carbocycles. The molecule has 1 saturated carbocycles. The number of hydrogen-bond acceptors (Lipinski definition) is 3. The minimum atomic E-state index is -0.215. The molecule has 5 heteroatoms. The summed E-state index contributed by atoms with van der Waals surface area (Å²) in [6, 6.07) is 8.29. The molecule has 1 unspecified atom stereocenters. The maximum absolute atomic E-state index is 12.5. The predicted octanol–water partition coefficient (Wildman–Crippen LogP) is 2.24. The van der Waals surface area contributed by atoms with Gasteiger partial charge >= 0.3 is 0 Å². The van der Waals surface area contributed by atoms with E-state index in [1.807, 2.05) is 29.2 Å². The van der Waals surface area contributed by atoms with Gasteiger partial charge in [-0.3, -0.25) is 9.59 Å². The number of amides is 2. The number of nitrogens with one attached hydrogen (secondary N) is 1. The molecule has 1 heterocycles. The highest BCUT2D eigenvalue weighted by Gasteiger charge is 2.38. The van der Waals surface area contributed by atoms with Crippen molar-refractivity contribution in [3.8, 4) is 0 Å². The van der Waals surface area contributed by atoms with Gasteiger partial charge in [-0.15, -0.1) is 0 Å². The Morgan fingerprint density at radius 2 is 1.96 bits per heavy atom. The molecule has 1 N–H and O–H groups in total. The third-order valence-corrected chi connectivity index (χ3v) is 5.17. The fraction of sp³-hybridized carbons (Fsp3) is 0.579. The Balaban J connectivity index is 1.55. The molecule has 2 aliphatic rings. The van der Waals surface area contributed by atoms with Crippen LogP contribution in [0.3, 0.4) is 0 Å². The molecule has 0 spiro atoms. The van der Waals surface area contributed by atoms with Crippen molar-refractivity contribution < 1.29 is 14.3 Å². The minimum absolute atomic E-state index is 0.0175. The Bertz CT molecular complexity index is 596. The Labute approximate surface area is 143 Å². The van der Waals surface area contributed by atoms with E-state index in [-0.39, 0.29) is 17.7 Å². The first-order valence-corrected chi connectivity index (χ1v) is 8.82.